The molecule has 0 spiro atoms. The molecule has 0 bridgehead atoms. The third-order valence-corrected chi connectivity index (χ3v) is 4.65. The molecule has 1 aromatic rings. The molecule has 1 heterocycles. The second-order valence-electron chi connectivity index (χ2n) is 7.21. The van der Waals surface area contributed by atoms with Crippen molar-refractivity contribution >= 4 is 0 Å². The highest BCUT2D eigenvalue weighted by molar-refractivity contribution is 5.43. The van der Waals surface area contributed by atoms with Crippen LogP contribution in [0.1, 0.15) is 57.7 Å². The molecule has 0 aliphatic carbocycles. The van der Waals surface area contributed by atoms with Gasteiger partial charge in [0.05, 0.1) is 6.61 Å². The van der Waals surface area contributed by atoms with Gasteiger partial charge in [0.15, 0.2) is 0 Å². The van der Waals surface area contributed by atoms with E-state index in [0.717, 1.165) is 31.7 Å². The van der Waals surface area contributed by atoms with E-state index < -0.39 is 0 Å². The molecule has 2 heteroatoms. The van der Waals surface area contributed by atoms with Crippen molar-refractivity contribution in [2.24, 2.45) is 11.3 Å². The summed E-state index contributed by atoms with van der Waals surface area (Å²) in [6.45, 7) is 13.3. The summed E-state index contributed by atoms with van der Waals surface area (Å²) in [5.41, 5.74) is 2.94. The normalized spacial score (nSPS) is 20.8. The van der Waals surface area contributed by atoms with Crippen molar-refractivity contribution in [2.75, 3.05) is 13.2 Å². The maximum Gasteiger partial charge on any atom is 0.126 e. The van der Waals surface area contributed by atoms with E-state index >= 15 is 0 Å². The fourth-order valence-corrected chi connectivity index (χ4v) is 2.60. The molecule has 112 valence electrons. The molecule has 1 aromatic carbocycles. The summed E-state index contributed by atoms with van der Waals surface area (Å²) in [5, 5.41) is 3.77. The number of hydrogen-bond donors (Lipinski definition) is 1. The predicted molar refractivity (Wildman–Crippen MR) is 85.3 cm³/mol. The van der Waals surface area contributed by atoms with Crippen molar-refractivity contribution < 1.29 is 4.74 Å². The van der Waals surface area contributed by atoms with Crippen molar-refractivity contribution in [2.45, 2.75) is 53.5 Å². The van der Waals surface area contributed by atoms with Gasteiger partial charge in [-0.25, -0.2) is 0 Å². The Balaban J connectivity index is 2.11. The SMILES string of the molecule is Cc1cccc2c1OCCCC2NCC(C)C(C)(C)C. The van der Waals surface area contributed by atoms with Crippen molar-refractivity contribution in [1.82, 2.24) is 5.32 Å². The minimum atomic E-state index is 0.351. The van der Waals surface area contributed by atoms with Gasteiger partial charge in [0.1, 0.15) is 5.75 Å². The van der Waals surface area contributed by atoms with Gasteiger partial charge in [0, 0.05) is 11.6 Å². The monoisotopic (exact) mass is 275 g/mol. The zero-order valence-electron chi connectivity index (χ0n) is 13.6. The van der Waals surface area contributed by atoms with Crippen molar-refractivity contribution in [1.29, 1.82) is 0 Å². The number of ether oxygens (including phenoxy) is 1. The van der Waals surface area contributed by atoms with Crippen LogP contribution in [-0.4, -0.2) is 13.2 Å². The Morgan fingerprint density at radius 1 is 1.35 bits per heavy atom. The van der Waals surface area contributed by atoms with Gasteiger partial charge in [-0.05, 0) is 43.2 Å². The lowest BCUT2D eigenvalue weighted by Crippen LogP contribution is -2.32. The summed E-state index contributed by atoms with van der Waals surface area (Å²) in [6, 6.07) is 6.92. The van der Waals surface area contributed by atoms with E-state index in [2.05, 4.69) is 58.1 Å². The smallest absolute Gasteiger partial charge is 0.126 e. The van der Waals surface area contributed by atoms with Crippen molar-refractivity contribution in [3.8, 4) is 5.75 Å². The van der Waals surface area contributed by atoms with E-state index in [4.69, 9.17) is 4.74 Å². The highest BCUT2D eigenvalue weighted by Crippen LogP contribution is 2.34. The maximum absolute atomic E-state index is 5.94. The van der Waals surface area contributed by atoms with Crippen LogP contribution < -0.4 is 10.1 Å². The van der Waals surface area contributed by atoms with Crippen LogP contribution >= 0.6 is 0 Å². The van der Waals surface area contributed by atoms with Crippen molar-refractivity contribution in [3.05, 3.63) is 29.3 Å². The molecule has 0 saturated carbocycles. The number of rotatable bonds is 3. The van der Waals surface area contributed by atoms with Crippen LogP contribution in [-0.2, 0) is 0 Å². The Labute approximate surface area is 123 Å². The number of nitrogens with one attached hydrogen (secondary N) is 1. The summed E-state index contributed by atoms with van der Waals surface area (Å²) >= 11 is 0. The lowest BCUT2D eigenvalue weighted by molar-refractivity contribution is 0.243. The molecule has 2 unspecified atom stereocenters. The van der Waals surface area contributed by atoms with Crippen LogP contribution in [0, 0.1) is 18.3 Å². The van der Waals surface area contributed by atoms with E-state index in [1.165, 1.54) is 11.1 Å². The van der Waals surface area contributed by atoms with Gasteiger partial charge in [-0.1, -0.05) is 45.9 Å². The molecule has 2 atom stereocenters. The van der Waals surface area contributed by atoms with Gasteiger partial charge in [-0.15, -0.1) is 0 Å². The summed E-state index contributed by atoms with van der Waals surface area (Å²) in [5.74, 6) is 1.76. The lowest BCUT2D eigenvalue weighted by Gasteiger charge is -2.29. The van der Waals surface area contributed by atoms with E-state index in [9.17, 15) is 0 Å². The fourth-order valence-electron chi connectivity index (χ4n) is 2.60. The number of fused-ring (bicyclic) bond motifs is 1. The quantitative estimate of drug-likeness (QED) is 0.878. The summed E-state index contributed by atoms with van der Waals surface area (Å²) in [6.07, 6.45) is 2.28. The summed E-state index contributed by atoms with van der Waals surface area (Å²) < 4.78 is 5.94. The van der Waals surface area contributed by atoms with Crippen LogP contribution in [0.15, 0.2) is 18.2 Å². The Hall–Kier alpha value is -1.02. The lowest BCUT2D eigenvalue weighted by atomic mass is 9.82. The van der Waals surface area contributed by atoms with Crippen LogP contribution in [0.5, 0.6) is 5.75 Å². The molecule has 0 saturated heterocycles. The fraction of sp³-hybridized carbons (Fsp3) is 0.667. The van der Waals surface area contributed by atoms with Gasteiger partial charge in [0.25, 0.3) is 0 Å². The number of para-hydroxylation sites is 1. The first-order valence-corrected chi connectivity index (χ1v) is 7.85. The Kier molecular flexibility index (Phi) is 4.74. The van der Waals surface area contributed by atoms with E-state index in [1.807, 2.05) is 0 Å². The van der Waals surface area contributed by atoms with Gasteiger partial charge >= 0.3 is 0 Å². The summed E-state index contributed by atoms with van der Waals surface area (Å²) in [4.78, 5) is 0. The molecule has 20 heavy (non-hydrogen) atoms. The topological polar surface area (TPSA) is 21.3 Å². The van der Waals surface area contributed by atoms with Gasteiger partial charge in [-0.2, -0.15) is 0 Å². The number of benzene rings is 1. The Bertz CT molecular complexity index is 447. The molecule has 0 radical (unpaired) electrons. The first-order chi connectivity index (χ1) is 9.39. The van der Waals surface area contributed by atoms with Gasteiger partial charge in [0.2, 0.25) is 0 Å². The van der Waals surface area contributed by atoms with Crippen LogP contribution in [0.2, 0.25) is 0 Å². The largest absolute Gasteiger partial charge is 0.493 e. The minimum Gasteiger partial charge on any atom is -0.493 e. The zero-order valence-corrected chi connectivity index (χ0v) is 13.6. The molecule has 0 aromatic heterocycles. The highest BCUT2D eigenvalue weighted by atomic mass is 16.5. The van der Waals surface area contributed by atoms with Crippen molar-refractivity contribution in [3.63, 3.8) is 0 Å². The predicted octanol–water partition coefficient (Wildman–Crippen LogP) is 4.48. The molecular weight excluding hydrogens is 246 g/mol. The highest BCUT2D eigenvalue weighted by Gasteiger charge is 2.24. The molecule has 2 rings (SSSR count). The average molecular weight is 275 g/mol. The number of hydrogen-bond acceptors (Lipinski definition) is 2. The van der Waals surface area contributed by atoms with Gasteiger partial charge in [-0.3, -0.25) is 0 Å². The van der Waals surface area contributed by atoms with Gasteiger partial charge < -0.3 is 10.1 Å². The average Bonchev–Trinajstić information content (AvgIpc) is 2.58. The maximum atomic E-state index is 5.94. The molecule has 2 nitrogen and oxygen atoms in total. The Morgan fingerprint density at radius 2 is 2.10 bits per heavy atom. The van der Waals surface area contributed by atoms with E-state index in [1.54, 1.807) is 0 Å². The molecule has 1 aliphatic rings. The molecule has 0 fully saturated rings. The van der Waals surface area contributed by atoms with E-state index in [0.29, 0.717) is 17.4 Å². The Morgan fingerprint density at radius 3 is 2.80 bits per heavy atom. The molecular formula is C18H29NO. The molecule has 0 amide bonds. The summed E-state index contributed by atoms with van der Waals surface area (Å²) in [7, 11) is 0. The van der Waals surface area contributed by atoms with Crippen LogP contribution in [0.4, 0.5) is 0 Å². The second-order valence-corrected chi connectivity index (χ2v) is 7.21. The standard InChI is InChI=1S/C18H29NO/c1-13-8-6-9-15-16(10-7-11-20-17(13)15)19-12-14(2)18(3,4)5/h6,8-9,14,16,19H,7,10-12H2,1-5H3. The number of aryl methyl sites for hydroxylation is 1. The first kappa shape index (κ1) is 15.4. The molecule has 1 N–H and O–H groups in total. The van der Waals surface area contributed by atoms with E-state index in [-0.39, 0.29) is 0 Å². The molecule has 1 aliphatic heterocycles. The second kappa shape index (κ2) is 6.17. The minimum absolute atomic E-state index is 0.351. The zero-order chi connectivity index (χ0) is 14.8. The third kappa shape index (κ3) is 3.54. The van der Waals surface area contributed by atoms with Crippen LogP contribution in [0.25, 0.3) is 0 Å². The first-order valence-electron chi connectivity index (χ1n) is 7.85. The van der Waals surface area contributed by atoms with Crippen LogP contribution in [0.3, 0.4) is 0 Å². The third-order valence-electron chi connectivity index (χ3n) is 4.65.